The van der Waals surface area contributed by atoms with E-state index in [0.29, 0.717) is 12.0 Å². The summed E-state index contributed by atoms with van der Waals surface area (Å²) in [6, 6.07) is 0.461. The Bertz CT molecular complexity index is 215. The fraction of sp³-hybridized carbons (Fsp3) is 0.727. The van der Waals surface area contributed by atoms with Crippen LogP contribution in [0.5, 0.6) is 0 Å². The molecule has 0 heterocycles. The standard InChI is InChI=1S/C11H21NS2/c1-8(2)11(12-9(3)4)10(14-6)7-13-5/h7-8,11H,1-6H3/p+1/b10-7-. The predicted molar refractivity (Wildman–Crippen MR) is 71.1 cm³/mol. The van der Waals surface area contributed by atoms with Gasteiger partial charge in [-0.2, -0.15) is 0 Å². The van der Waals surface area contributed by atoms with Gasteiger partial charge in [0.05, 0.1) is 4.91 Å². The minimum Gasteiger partial charge on any atom is -0.242 e. The second-order valence-electron chi connectivity index (χ2n) is 3.83. The zero-order chi connectivity index (χ0) is 11.1. The van der Waals surface area contributed by atoms with E-state index >= 15 is 0 Å². The Balaban J connectivity index is 4.79. The van der Waals surface area contributed by atoms with Gasteiger partial charge in [-0.3, -0.25) is 0 Å². The molecule has 1 unspecified atom stereocenters. The van der Waals surface area contributed by atoms with Gasteiger partial charge in [0, 0.05) is 19.8 Å². The van der Waals surface area contributed by atoms with Crippen LogP contribution in [-0.2, 0) is 0 Å². The SMILES string of the molecule is CS/C=C(\SC)C([NH+]=C(C)C)C(C)C. The molecule has 0 aromatic rings. The normalized spacial score (nSPS) is 14.4. The Hall–Kier alpha value is 0.110. The third-order valence-electron chi connectivity index (χ3n) is 1.89. The molecule has 0 saturated carbocycles. The molecule has 0 aliphatic carbocycles. The molecular formula is C11H22NS2+. The van der Waals surface area contributed by atoms with Gasteiger partial charge in [-0.25, -0.2) is 4.99 Å². The summed E-state index contributed by atoms with van der Waals surface area (Å²) in [5.41, 5.74) is 1.28. The van der Waals surface area contributed by atoms with Gasteiger partial charge < -0.3 is 0 Å². The van der Waals surface area contributed by atoms with Crippen molar-refractivity contribution >= 4 is 29.2 Å². The predicted octanol–water partition coefficient (Wildman–Crippen LogP) is 2.14. The van der Waals surface area contributed by atoms with E-state index in [1.165, 1.54) is 10.6 Å². The highest BCUT2D eigenvalue weighted by molar-refractivity contribution is 8.05. The van der Waals surface area contributed by atoms with Crippen LogP contribution in [0.4, 0.5) is 0 Å². The largest absolute Gasteiger partial charge is 0.242 e. The van der Waals surface area contributed by atoms with E-state index in [4.69, 9.17) is 0 Å². The van der Waals surface area contributed by atoms with Crippen molar-refractivity contribution in [3.63, 3.8) is 0 Å². The summed E-state index contributed by atoms with van der Waals surface area (Å²) < 4.78 is 0. The van der Waals surface area contributed by atoms with E-state index in [1.807, 2.05) is 11.8 Å². The molecule has 1 nitrogen and oxygen atoms in total. The summed E-state index contributed by atoms with van der Waals surface area (Å²) in [5, 5.41) is 2.24. The van der Waals surface area contributed by atoms with E-state index in [-0.39, 0.29) is 0 Å². The first-order valence-electron chi connectivity index (χ1n) is 4.86. The Labute approximate surface area is 96.8 Å². The lowest BCUT2D eigenvalue weighted by molar-refractivity contribution is -0.499. The summed E-state index contributed by atoms with van der Waals surface area (Å²) in [4.78, 5) is 4.95. The van der Waals surface area contributed by atoms with Crippen molar-refractivity contribution in [2.45, 2.75) is 33.7 Å². The molecule has 82 valence electrons. The molecule has 0 saturated heterocycles. The van der Waals surface area contributed by atoms with Gasteiger partial charge >= 0.3 is 0 Å². The summed E-state index contributed by atoms with van der Waals surface area (Å²) in [6.45, 7) is 8.74. The molecule has 1 N–H and O–H groups in total. The van der Waals surface area contributed by atoms with Crippen molar-refractivity contribution in [2.75, 3.05) is 12.5 Å². The van der Waals surface area contributed by atoms with Gasteiger partial charge in [0.25, 0.3) is 0 Å². The van der Waals surface area contributed by atoms with Crippen LogP contribution < -0.4 is 4.99 Å². The smallest absolute Gasteiger partial charge is 0.184 e. The van der Waals surface area contributed by atoms with Gasteiger partial charge in [0.15, 0.2) is 6.04 Å². The number of hydrogen-bond acceptors (Lipinski definition) is 2. The van der Waals surface area contributed by atoms with Crippen molar-refractivity contribution < 1.29 is 4.99 Å². The zero-order valence-electron chi connectivity index (χ0n) is 10.0. The minimum atomic E-state index is 0.461. The fourth-order valence-electron chi connectivity index (χ4n) is 1.24. The zero-order valence-corrected chi connectivity index (χ0v) is 11.7. The lowest BCUT2D eigenvalue weighted by atomic mass is 10.1. The van der Waals surface area contributed by atoms with E-state index < -0.39 is 0 Å². The van der Waals surface area contributed by atoms with Gasteiger partial charge in [-0.1, -0.05) is 13.8 Å². The van der Waals surface area contributed by atoms with Crippen LogP contribution in [-0.4, -0.2) is 24.3 Å². The Morgan fingerprint density at radius 1 is 1.21 bits per heavy atom. The van der Waals surface area contributed by atoms with Crippen molar-refractivity contribution in [1.29, 1.82) is 0 Å². The van der Waals surface area contributed by atoms with Crippen molar-refractivity contribution in [1.82, 2.24) is 0 Å². The fourth-order valence-corrected chi connectivity index (χ4v) is 2.88. The quantitative estimate of drug-likeness (QED) is 0.730. The molecule has 0 bridgehead atoms. The summed E-state index contributed by atoms with van der Waals surface area (Å²) >= 11 is 3.61. The molecule has 0 amide bonds. The second kappa shape index (κ2) is 7.41. The van der Waals surface area contributed by atoms with Crippen LogP contribution in [0.2, 0.25) is 0 Å². The number of nitrogens with one attached hydrogen (secondary N) is 1. The van der Waals surface area contributed by atoms with Crippen LogP contribution in [0, 0.1) is 5.92 Å². The maximum absolute atomic E-state index is 3.53. The van der Waals surface area contributed by atoms with Gasteiger partial charge in [-0.05, 0) is 17.9 Å². The lowest BCUT2D eigenvalue weighted by Crippen LogP contribution is -2.80. The first kappa shape index (κ1) is 14.1. The molecule has 0 aromatic heterocycles. The second-order valence-corrected chi connectivity index (χ2v) is 5.41. The Kier molecular flexibility index (Phi) is 7.47. The average Bonchev–Trinajstić information content (AvgIpc) is 2.10. The molecule has 0 aliphatic rings. The topological polar surface area (TPSA) is 14.0 Å². The molecule has 0 radical (unpaired) electrons. The Morgan fingerprint density at radius 3 is 2.07 bits per heavy atom. The molecule has 0 spiro atoms. The van der Waals surface area contributed by atoms with Crippen LogP contribution in [0.15, 0.2) is 10.3 Å². The van der Waals surface area contributed by atoms with E-state index in [1.54, 1.807) is 11.8 Å². The van der Waals surface area contributed by atoms with Crippen molar-refractivity contribution in [3.05, 3.63) is 10.3 Å². The summed E-state index contributed by atoms with van der Waals surface area (Å²) in [5.74, 6) is 0.621. The van der Waals surface area contributed by atoms with Crippen LogP contribution in [0.25, 0.3) is 0 Å². The van der Waals surface area contributed by atoms with Crippen LogP contribution >= 0.6 is 23.5 Å². The molecule has 0 rings (SSSR count). The van der Waals surface area contributed by atoms with E-state index in [2.05, 4.69) is 50.6 Å². The maximum atomic E-state index is 3.53. The average molecular weight is 232 g/mol. The highest BCUT2D eigenvalue weighted by Gasteiger charge is 2.21. The first-order chi connectivity index (χ1) is 6.52. The van der Waals surface area contributed by atoms with Gasteiger partial charge in [0.1, 0.15) is 5.71 Å². The van der Waals surface area contributed by atoms with Gasteiger partial charge in [0.2, 0.25) is 0 Å². The number of rotatable bonds is 5. The van der Waals surface area contributed by atoms with Crippen LogP contribution in [0.1, 0.15) is 27.7 Å². The summed E-state index contributed by atoms with van der Waals surface area (Å²) in [7, 11) is 0. The monoisotopic (exact) mass is 232 g/mol. The lowest BCUT2D eigenvalue weighted by Gasteiger charge is -2.14. The number of thioether (sulfide) groups is 2. The molecule has 3 heteroatoms. The highest BCUT2D eigenvalue weighted by atomic mass is 32.2. The maximum Gasteiger partial charge on any atom is 0.184 e. The molecule has 0 aromatic carbocycles. The van der Waals surface area contributed by atoms with Gasteiger partial charge in [-0.15, -0.1) is 23.5 Å². The van der Waals surface area contributed by atoms with Crippen molar-refractivity contribution in [2.24, 2.45) is 5.92 Å². The molecule has 0 fully saturated rings. The highest BCUT2D eigenvalue weighted by Crippen LogP contribution is 2.21. The summed E-state index contributed by atoms with van der Waals surface area (Å²) in [6.07, 6.45) is 4.25. The Morgan fingerprint density at radius 2 is 1.79 bits per heavy atom. The van der Waals surface area contributed by atoms with E-state index in [9.17, 15) is 0 Å². The molecule has 0 aliphatic heterocycles. The van der Waals surface area contributed by atoms with Crippen molar-refractivity contribution in [3.8, 4) is 0 Å². The molecule has 1 atom stereocenters. The first-order valence-corrected chi connectivity index (χ1v) is 7.37. The molecular weight excluding hydrogens is 210 g/mol. The minimum absolute atomic E-state index is 0.461. The molecule has 14 heavy (non-hydrogen) atoms. The number of hydrogen-bond donors (Lipinski definition) is 1. The third-order valence-corrected chi connectivity index (χ3v) is 3.37. The van der Waals surface area contributed by atoms with E-state index in [0.717, 1.165) is 0 Å². The third kappa shape index (κ3) is 5.11. The van der Waals surface area contributed by atoms with Crippen LogP contribution in [0.3, 0.4) is 0 Å².